The van der Waals surface area contributed by atoms with Gasteiger partial charge in [0.1, 0.15) is 11.4 Å². The highest BCUT2D eigenvalue weighted by atomic mass is 35.5. The first-order chi connectivity index (χ1) is 19.9. The average Bonchev–Trinajstić information content (AvgIpc) is 2.93. The summed E-state index contributed by atoms with van der Waals surface area (Å²) in [5.41, 5.74) is 1.73. The molecule has 0 bridgehead atoms. The van der Waals surface area contributed by atoms with Crippen LogP contribution >= 0.6 is 23.2 Å². The Hall–Kier alpha value is -2.68. The molecule has 0 radical (unpaired) electrons. The van der Waals surface area contributed by atoms with E-state index in [1.54, 1.807) is 0 Å². The zero-order valence-electron chi connectivity index (χ0n) is 25.4. The number of rotatable bonds is 10. The average molecular weight is 621 g/mol. The topological polar surface area (TPSA) is 71.5 Å². The monoisotopic (exact) mass is 619 g/mol. The van der Waals surface area contributed by atoms with Crippen molar-refractivity contribution in [3.63, 3.8) is 0 Å². The molecule has 0 aliphatic carbocycles. The van der Waals surface area contributed by atoms with E-state index in [-0.39, 0.29) is 18.1 Å². The summed E-state index contributed by atoms with van der Waals surface area (Å²) in [6.45, 7) is 14.8. The Morgan fingerprint density at radius 3 is 2.38 bits per heavy atom. The van der Waals surface area contributed by atoms with Crippen LogP contribution in [0.15, 0.2) is 36.4 Å². The van der Waals surface area contributed by atoms with Crippen molar-refractivity contribution in [1.82, 2.24) is 4.90 Å². The van der Waals surface area contributed by atoms with Gasteiger partial charge in [0.2, 0.25) is 5.91 Å². The van der Waals surface area contributed by atoms with Gasteiger partial charge < -0.3 is 19.1 Å². The first kappa shape index (κ1) is 32.2. The van der Waals surface area contributed by atoms with Gasteiger partial charge in [-0.3, -0.25) is 14.6 Å². The van der Waals surface area contributed by atoms with Crippen molar-refractivity contribution < 1.29 is 23.8 Å². The van der Waals surface area contributed by atoms with Crippen molar-refractivity contribution in [2.75, 3.05) is 55.9 Å². The molecule has 4 rings (SSSR count). The molecule has 1 fully saturated rings. The van der Waals surface area contributed by atoms with E-state index in [0.717, 1.165) is 56.8 Å². The quantitative estimate of drug-likeness (QED) is 0.206. The van der Waals surface area contributed by atoms with Crippen molar-refractivity contribution in [2.24, 2.45) is 5.41 Å². The molecule has 230 valence electrons. The van der Waals surface area contributed by atoms with Gasteiger partial charge in [-0.05, 0) is 63.4 Å². The van der Waals surface area contributed by atoms with Gasteiger partial charge in [-0.2, -0.15) is 0 Å². The van der Waals surface area contributed by atoms with Crippen LogP contribution < -0.4 is 14.5 Å². The first-order valence-corrected chi connectivity index (χ1v) is 15.4. The molecule has 2 aromatic rings. The standard InChI is InChI=1S/C32H43Cl2N3O5/c1-31(2,3)32(4,5)42-30(39)41-22-37-27-21-24(13-11-23(27)12-14-28(37)38)40-20-7-6-15-35-16-18-36(19-17-35)26-10-8-9-25(33)29(26)34/h8-11,13,21H,6-7,12,14-20,22H2,1-5H3. The van der Waals surface area contributed by atoms with Crippen LogP contribution in [0.2, 0.25) is 10.0 Å². The lowest BCUT2D eigenvalue weighted by Crippen LogP contribution is -2.46. The number of hydrogen-bond acceptors (Lipinski definition) is 7. The number of carbonyl (C=O) groups excluding carboxylic acids is 2. The van der Waals surface area contributed by atoms with Crippen molar-refractivity contribution >= 4 is 46.6 Å². The summed E-state index contributed by atoms with van der Waals surface area (Å²) in [6.07, 6.45) is 2.15. The fraction of sp³-hybridized carbons (Fsp3) is 0.562. The molecule has 1 amide bonds. The lowest BCUT2D eigenvalue weighted by Gasteiger charge is -2.37. The maximum atomic E-state index is 12.7. The summed E-state index contributed by atoms with van der Waals surface area (Å²) in [5, 5.41) is 1.21. The van der Waals surface area contributed by atoms with E-state index in [1.807, 2.05) is 71.0 Å². The lowest BCUT2D eigenvalue weighted by molar-refractivity contribution is -0.120. The van der Waals surface area contributed by atoms with Crippen LogP contribution in [0, 0.1) is 5.41 Å². The minimum atomic E-state index is -0.795. The Bertz CT molecular complexity index is 1260. The number of anilines is 2. The second-order valence-corrected chi connectivity index (χ2v) is 13.2. The molecule has 10 heteroatoms. The molecule has 2 aliphatic heterocycles. The number of carbonyl (C=O) groups is 2. The van der Waals surface area contributed by atoms with Gasteiger partial charge in [0.15, 0.2) is 6.73 Å². The minimum absolute atomic E-state index is 0.0970. The molecular formula is C32H43Cl2N3O5. The molecule has 0 unspecified atom stereocenters. The van der Waals surface area contributed by atoms with Crippen LogP contribution in [0.1, 0.15) is 59.4 Å². The molecule has 42 heavy (non-hydrogen) atoms. The number of hydrogen-bond donors (Lipinski definition) is 0. The number of halogens is 2. The van der Waals surface area contributed by atoms with E-state index in [4.69, 9.17) is 37.4 Å². The summed E-state index contributed by atoms with van der Waals surface area (Å²) >= 11 is 12.6. The summed E-state index contributed by atoms with van der Waals surface area (Å²) in [7, 11) is 0. The van der Waals surface area contributed by atoms with E-state index >= 15 is 0 Å². The molecule has 2 aromatic carbocycles. The molecule has 0 spiro atoms. The Kier molecular flexibility index (Phi) is 10.5. The van der Waals surface area contributed by atoms with E-state index in [1.165, 1.54) is 4.90 Å². The number of nitrogens with zero attached hydrogens (tertiary/aromatic N) is 3. The van der Waals surface area contributed by atoms with Crippen molar-refractivity contribution in [3.8, 4) is 5.75 Å². The Labute approximate surface area is 259 Å². The molecule has 0 aromatic heterocycles. The predicted octanol–water partition coefficient (Wildman–Crippen LogP) is 7.19. The third-order valence-electron chi connectivity index (χ3n) is 8.49. The summed E-state index contributed by atoms with van der Waals surface area (Å²) in [6, 6.07) is 11.6. The number of benzene rings is 2. The zero-order valence-corrected chi connectivity index (χ0v) is 26.9. The molecule has 0 atom stereocenters. The molecule has 2 aliphatic rings. The van der Waals surface area contributed by atoms with Gasteiger partial charge in [-0.25, -0.2) is 4.79 Å². The van der Waals surface area contributed by atoms with Gasteiger partial charge in [0, 0.05) is 44.1 Å². The van der Waals surface area contributed by atoms with Crippen LogP contribution in [-0.2, 0) is 20.7 Å². The van der Waals surface area contributed by atoms with Crippen LogP contribution in [0.5, 0.6) is 5.75 Å². The summed E-state index contributed by atoms with van der Waals surface area (Å²) in [5.74, 6) is 0.595. The maximum Gasteiger partial charge on any atom is 0.510 e. The third-order valence-corrected chi connectivity index (χ3v) is 9.30. The molecule has 0 saturated carbocycles. The number of piperazine rings is 1. The van der Waals surface area contributed by atoms with Gasteiger partial charge in [-0.1, -0.05) is 56.1 Å². The highest BCUT2D eigenvalue weighted by molar-refractivity contribution is 6.43. The Balaban J connectivity index is 1.22. The van der Waals surface area contributed by atoms with Gasteiger partial charge in [0.05, 0.1) is 28.0 Å². The van der Waals surface area contributed by atoms with Gasteiger partial charge >= 0.3 is 6.16 Å². The number of ether oxygens (including phenoxy) is 3. The molecule has 8 nitrogen and oxygen atoms in total. The normalized spacial score (nSPS) is 16.3. The smallest absolute Gasteiger partial charge is 0.494 e. The summed E-state index contributed by atoms with van der Waals surface area (Å²) in [4.78, 5) is 31.4. The Morgan fingerprint density at radius 1 is 0.929 bits per heavy atom. The van der Waals surface area contributed by atoms with Gasteiger partial charge in [-0.15, -0.1) is 0 Å². The third kappa shape index (κ3) is 8.03. The SMILES string of the molecule is CC(C)(C)C(C)(C)OC(=O)OCN1C(=O)CCc2ccc(OCCCCN3CCN(c4cccc(Cl)c4Cl)CC3)cc21. The zero-order chi connectivity index (χ0) is 30.5. The molecular weight excluding hydrogens is 577 g/mol. The highest BCUT2D eigenvalue weighted by Gasteiger charge is 2.37. The van der Waals surface area contributed by atoms with Gasteiger partial charge in [0.25, 0.3) is 0 Å². The lowest BCUT2D eigenvalue weighted by atomic mass is 9.79. The van der Waals surface area contributed by atoms with Crippen molar-refractivity contribution in [1.29, 1.82) is 0 Å². The fourth-order valence-electron chi connectivity index (χ4n) is 4.83. The van der Waals surface area contributed by atoms with E-state index in [2.05, 4.69) is 9.80 Å². The maximum absolute atomic E-state index is 12.7. The largest absolute Gasteiger partial charge is 0.510 e. The molecule has 1 saturated heterocycles. The first-order valence-electron chi connectivity index (χ1n) is 14.7. The van der Waals surface area contributed by atoms with E-state index in [0.29, 0.717) is 40.9 Å². The molecule has 0 N–H and O–H groups in total. The van der Waals surface area contributed by atoms with Crippen molar-refractivity contribution in [3.05, 3.63) is 52.0 Å². The number of fused-ring (bicyclic) bond motifs is 1. The summed E-state index contributed by atoms with van der Waals surface area (Å²) < 4.78 is 17.0. The van der Waals surface area contributed by atoms with E-state index in [9.17, 15) is 9.59 Å². The van der Waals surface area contributed by atoms with Crippen LogP contribution in [0.4, 0.5) is 16.2 Å². The second kappa shape index (κ2) is 13.7. The fourth-order valence-corrected chi connectivity index (χ4v) is 5.25. The second-order valence-electron chi connectivity index (χ2n) is 12.5. The minimum Gasteiger partial charge on any atom is -0.494 e. The highest BCUT2D eigenvalue weighted by Crippen LogP contribution is 2.35. The Morgan fingerprint density at radius 2 is 1.67 bits per heavy atom. The van der Waals surface area contributed by atoms with E-state index < -0.39 is 11.8 Å². The van der Waals surface area contributed by atoms with Crippen LogP contribution in [-0.4, -0.2) is 68.6 Å². The number of aryl methyl sites for hydroxylation is 1. The van der Waals surface area contributed by atoms with Crippen LogP contribution in [0.3, 0.4) is 0 Å². The number of unbranched alkanes of at least 4 members (excludes halogenated alkanes) is 1. The predicted molar refractivity (Wildman–Crippen MR) is 168 cm³/mol. The number of amides is 1. The van der Waals surface area contributed by atoms with Crippen molar-refractivity contribution in [2.45, 2.75) is 65.9 Å². The molecule has 2 heterocycles. The van der Waals surface area contributed by atoms with Crippen LogP contribution in [0.25, 0.3) is 0 Å².